The van der Waals surface area contributed by atoms with Crippen LogP contribution in [0.2, 0.25) is 0 Å². The molecule has 1 saturated heterocycles. The lowest BCUT2D eigenvalue weighted by atomic mass is 10.1. The number of piperazine rings is 1. The maximum absolute atomic E-state index is 9.10. The summed E-state index contributed by atoms with van der Waals surface area (Å²) in [5, 5.41) is 14.8. The van der Waals surface area contributed by atoms with Crippen molar-refractivity contribution >= 4 is 11.9 Å². The van der Waals surface area contributed by atoms with E-state index in [0.29, 0.717) is 5.75 Å². The molecular formula is C22H31N3O7. The molecule has 10 nitrogen and oxygen atoms in total. The largest absolute Gasteiger partial charge is 0.496 e. The van der Waals surface area contributed by atoms with E-state index in [1.165, 1.54) is 5.69 Å². The third-order valence-electron chi connectivity index (χ3n) is 5.27. The molecule has 1 aromatic carbocycles. The second kappa shape index (κ2) is 12.0. The number of aryl methyl sites for hydroxylation is 1. The van der Waals surface area contributed by atoms with Crippen molar-refractivity contribution in [3.8, 4) is 17.2 Å². The Hall–Kier alpha value is -3.24. The van der Waals surface area contributed by atoms with Crippen LogP contribution in [0.5, 0.6) is 17.2 Å². The smallest absolute Gasteiger partial charge is 0.414 e. The third kappa shape index (κ3) is 6.89. The lowest BCUT2D eigenvalue weighted by Gasteiger charge is -2.35. The first-order valence-corrected chi connectivity index (χ1v) is 10.1. The molecule has 1 aliphatic heterocycles. The zero-order valence-corrected chi connectivity index (χ0v) is 18.9. The van der Waals surface area contributed by atoms with Crippen molar-refractivity contribution in [1.29, 1.82) is 0 Å². The number of rotatable bonds is 7. The van der Waals surface area contributed by atoms with E-state index in [1.54, 1.807) is 21.3 Å². The van der Waals surface area contributed by atoms with Crippen LogP contribution in [0.25, 0.3) is 0 Å². The van der Waals surface area contributed by atoms with Crippen molar-refractivity contribution in [3.63, 3.8) is 0 Å². The van der Waals surface area contributed by atoms with Gasteiger partial charge in [-0.3, -0.25) is 9.80 Å². The van der Waals surface area contributed by atoms with Crippen LogP contribution in [-0.2, 0) is 29.7 Å². The number of methoxy groups -OCH3 is 3. The minimum Gasteiger partial charge on any atom is -0.496 e. The molecule has 1 fully saturated rings. The van der Waals surface area contributed by atoms with Gasteiger partial charge in [0, 0.05) is 69.8 Å². The minimum atomic E-state index is -1.82. The van der Waals surface area contributed by atoms with Crippen molar-refractivity contribution in [2.45, 2.75) is 13.1 Å². The van der Waals surface area contributed by atoms with E-state index in [-0.39, 0.29) is 0 Å². The Kier molecular flexibility index (Phi) is 9.36. The lowest BCUT2D eigenvalue weighted by Crippen LogP contribution is -2.45. The fourth-order valence-corrected chi connectivity index (χ4v) is 3.45. The number of carboxylic acid groups (broad SMARTS) is 2. The molecule has 0 saturated carbocycles. The Balaban J connectivity index is 0.000000534. The fourth-order valence-electron chi connectivity index (χ4n) is 3.45. The average Bonchev–Trinajstić information content (AvgIpc) is 3.19. The molecule has 0 aliphatic carbocycles. The molecule has 0 spiro atoms. The summed E-state index contributed by atoms with van der Waals surface area (Å²) in [7, 11) is 7.11. The maximum Gasteiger partial charge on any atom is 0.414 e. The van der Waals surface area contributed by atoms with Gasteiger partial charge in [-0.05, 0) is 18.2 Å². The summed E-state index contributed by atoms with van der Waals surface area (Å²) in [4.78, 5) is 23.2. The number of carbonyl (C=O) groups is 2. The second-order valence-corrected chi connectivity index (χ2v) is 7.29. The number of aromatic nitrogens is 1. The topological polar surface area (TPSA) is 114 Å². The van der Waals surface area contributed by atoms with Crippen LogP contribution in [0.4, 0.5) is 0 Å². The first kappa shape index (κ1) is 25.0. The van der Waals surface area contributed by atoms with Crippen molar-refractivity contribution in [2.24, 2.45) is 7.05 Å². The maximum atomic E-state index is 9.10. The molecule has 1 aliphatic rings. The van der Waals surface area contributed by atoms with Crippen LogP contribution in [-0.4, -0.2) is 84.0 Å². The predicted octanol–water partition coefficient (Wildman–Crippen LogP) is 1.52. The van der Waals surface area contributed by atoms with Crippen molar-refractivity contribution in [1.82, 2.24) is 14.4 Å². The average molecular weight is 450 g/mol. The van der Waals surface area contributed by atoms with E-state index in [0.717, 1.165) is 56.3 Å². The predicted molar refractivity (Wildman–Crippen MR) is 117 cm³/mol. The molecule has 0 amide bonds. The standard InChI is InChI=1S/C20H29N3O3.C2H2O4/c1-21-7-5-6-17(21)15-23-10-8-22(9-11-23)14-16-12-19(25-3)20(26-4)13-18(16)24-2;3-1(4)2(5)6/h5-7,12-13H,8-11,14-15H2,1-4H3;(H,3,4)(H,5,6). The van der Waals surface area contributed by atoms with Crippen LogP contribution < -0.4 is 14.2 Å². The lowest BCUT2D eigenvalue weighted by molar-refractivity contribution is -0.159. The van der Waals surface area contributed by atoms with E-state index in [1.807, 2.05) is 12.1 Å². The molecule has 0 bridgehead atoms. The summed E-state index contributed by atoms with van der Waals surface area (Å²) in [5.41, 5.74) is 2.49. The number of hydrogen-bond acceptors (Lipinski definition) is 7. The summed E-state index contributed by atoms with van der Waals surface area (Å²) in [5.74, 6) is -1.37. The summed E-state index contributed by atoms with van der Waals surface area (Å²) in [6.07, 6.45) is 2.11. The number of carboxylic acids is 2. The highest BCUT2D eigenvalue weighted by Gasteiger charge is 2.20. The van der Waals surface area contributed by atoms with Crippen molar-refractivity contribution < 1.29 is 34.0 Å². The molecule has 32 heavy (non-hydrogen) atoms. The van der Waals surface area contributed by atoms with Crippen LogP contribution in [0, 0.1) is 0 Å². The minimum absolute atomic E-state index is 0.695. The van der Waals surface area contributed by atoms with E-state index in [9.17, 15) is 0 Å². The van der Waals surface area contributed by atoms with Gasteiger partial charge in [-0.1, -0.05) is 0 Å². The SMILES string of the molecule is COc1cc(OC)c(OC)cc1CN1CCN(Cc2cccn2C)CC1.O=C(O)C(=O)O. The Bertz CT molecular complexity index is 893. The normalized spacial score (nSPS) is 14.2. The van der Waals surface area contributed by atoms with Gasteiger partial charge in [0.1, 0.15) is 5.75 Å². The summed E-state index contributed by atoms with van der Waals surface area (Å²) in [6, 6.07) is 8.23. The molecule has 10 heteroatoms. The van der Waals surface area contributed by atoms with Crippen LogP contribution in [0.1, 0.15) is 11.3 Å². The highest BCUT2D eigenvalue weighted by Crippen LogP contribution is 2.35. The zero-order chi connectivity index (χ0) is 23.7. The van der Waals surface area contributed by atoms with Crippen LogP contribution in [0.15, 0.2) is 30.5 Å². The van der Waals surface area contributed by atoms with Crippen LogP contribution >= 0.6 is 0 Å². The third-order valence-corrected chi connectivity index (χ3v) is 5.27. The van der Waals surface area contributed by atoms with Gasteiger partial charge in [0.15, 0.2) is 11.5 Å². The van der Waals surface area contributed by atoms with Gasteiger partial charge in [-0.15, -0.1) is 0 Å². The number of aliphatic carboxylic acids is 2. The van der Waals surface area contributed by atoms with Gasteiger partial charge in [0.05, 0.1) is 21.3 Å². The molecule has 3 rings (SSSR count). The van der Waals surface area contributed by atoms with E-state index >= 15 is 0 Å². The monoisotopic (exact) mass is 449 g/mol. The molecule has 2 heterocycles. The van der Waals surface area contributed by atoms with Gasteiger partial charge >= 0.3 is 11.9 Å². The quantitative estimate of drug-likeness (QED) is 0.607. The first-order valence-electron chi connectivity index (χ1n) is 10.1. The number of benzene rings is 1. The summed E-state index contributed by atoms with van der Waals surface area (Å²) >= 11 is 0. The van der Waals surface area contributed by atoms with Gasteiger partial charge in [-0.25, -0.2) is 9.59 Å². The first-order chi connectivity index (χ1) is 15.3. The van der Waals surface area contributed by atoms with E-state index in [2.05, 4.69) is 39.7 Å². The molecule has 1 aromatic heterocycles. The molecular weight excluding hydrogens is 418 g/mol. The number of ether oxygens (including phenoxy) is 3. The van der Waals surface area contributed by atoms with Gasteiger partial charge in [0.2, 0.25) is 0 Å². The summed E-state index contributed by atoms with van der Waals surface area (Å²) in [6.45, 7) is 6.09. The number of hydrogen-bond donors (Lipinski definition) is 2. The van der Waals surface area contributed by atoms with E-state index in [4.69, 9.17) is 34.0 Å². The van der Waals surface area contributed by atoms with Gasteiger partial charge in [0.25, 0.3) is 0 Å². The molecule has 2 N–H and O–H groups in total. The Labute approximate surface area is 187 Å². The Morgan fingerprint density at radius 1 is 0.844 bits per heavy atom. The summed E-state index contributed by atoms with van der Waals surface area (Å²) < 4.78 is 18.6. The van der Waals surface area contributed by atoms with Gasteiger partial charge < -0.3 is 29.0 Å². The van der Waals surface area contributed by atoms with Gasteiger partial charge in [-0.2, -0.15) is 0 Å². The molecule has 0 radical (unpaired) electrons. The second-order valence-electron chi connectivity index (χ2n) is 7.29. The number of nitrogens with zero attached hydrogens (tertiary/aromatic N) is 3. The van der Waals surface area contributed by atoms with Crippen molar-refractivity contribution in [2.75, 3.05) is 47.5 Å². The molecule has 176 valence electrons. The fraction of sp³-hybridized carbons (Fsp3) is 0.455. The van der Waals surface area contributed by atoms with Crippen molar-refractivity contribution in [3.05, 3.63) is 41.7 Å². The molecule has 0 unspecified atom stereocenters. The molecule has 2 aromatic rings. The molecule has 0 atom stereocenters. The highest BCUT2D eigenvalue weighted by molar-refractivity contribution is 6.27. The highest BCUT2D eigenvalue weighted by atomic mass is 16.5. The Morgan fingerprint density at radius 3 is 1.78 bits per heavy atom. The Morgan fingerprint density at radius 2 is 1.34 bits per heavy atom. The zero-order valence-electron chi connectivity index (χ0n) is 18.9. The van der Waals surface area contributed by atoms with Crippen LogP contribution in [0.3, 0.4) is 0 Å². The van der Waals surface area contributed by atoms with E-state index < -0.39 is 11.9 Å².